The van der Waals surface area contributed by atoms with Gasteiger partial charge in [-0.15, -0.1) is 0 Å². The zero-order valence-electron chi connectivity index (χ0n) is 13.2. The third-order valence-corrected chi connectivity index (χ3v) is 3.35. The third kappa shape index (κ3) is 16.9. The van der Waals surface area contributed by atoms with Crippen LogP contribution in [-0.2, 0) is 4.79 Å². The smallest absolute Gasteiger partial charge is 0.307 e. The van der Waals surface area contributed by atoms with Gasteiger partial charge in [0.05, 0.1) is 6.42 Å². The zero-order valence-corrected chi connectivity index (χ0v) is 13.2. The van der Waals surface area contributed by atoms with Gasteiger partial charge in [0, 0.05) is 0 Å². The van der Waals surface area contributed by atoms with Crippen molar-refractivity contribution >= 4 is 5.97 Å². The Bertz CT molecular complexity index is 267. The summed E-state index contributed by atoms with van der Waals surface area (Å²) in [6, 6.07) is 0. The second-order valence-electron chi connectivity index (χ2n) is 5.38. The number of hydrogen-bond acceptors (Lipinski definition) is 1. The van der Waals surface area contributed by atoms with Gasteiger partial charge in [-0.1, -0.05) is 76.2 Å². The molecule has 2 nitrogen and oxygen atoms in total. The van der Waals surface area contributed by atoms with Crippen molar-refractivity contribution < 1.29 is 9.90 Å². The summed E-state index contributed by atoms with van der Waals surface area (Å²) in [6.45, 7) is 2.26. The van der Waals surface area contributed by atoms with Crippen LogP contribution in [0, 0.1) is 0 Å². The van der Waals surface area contributed by atoms with Crippen molar-refractivity contribution in [3.05, 3.63) is 24.3 Å². The van der Waals surface area contributed by atoms with Crippen molar-refractivity contribution in [3.8, 4) is 0 Å². The van der Waals surface area contributed by atoms with E-state index in [1.165, 1.54) is 57.8 Å². The second-order valence-corrected chi connectivity index (χ2v) is 5.38. The molecule has 0 aliphatic rings. The lowest BCUT2D eigenvalue weighted by molar-refractivity contribution is -0.136. The molecule has 0 aromatic carbocycles. The van der Waals surface area contributed by atoms with E-state index in [1.54, 1.807) is 6.08 Å². The Morgan fingerprint density at radius 1 is 0.750 bits per heavy atom. The quantitative estimate of drug-likeness (QED) is 0.318. The van der Waals surface area contributed by atoms with E-state index in [0.717, 1.165) is 12.8 Å². The molecule has 0 rings (SSSR count). The Kier molecular flexibility index (Phi) is 15.2. The summed E-state index contributed by atoms with van der Waals surface area (Å²) in [6.07, 6.45) is 22.4. The maximum absolute atomic E-state index is 10.3. The van der Waals surface area contributed by atoms with Crippen molar-refractivity contribution in [1.82, 2.24) is 0 Å². The van der Waals surface area contributed by atoms with Crippen LogP contribution in [0.15, 0.2) is 24.3 Å². The van der Waals surface area contributed by atoms with Gasteiger partial charge >= 0.3 is 5.97 Å². The summed E-state index contributed by atoms with van der Waals surface area (Å²) in [5, 5.41) is 8.45. The average molecular weight is 280 g/mol. The summed E-state index contributed by atoms with van der Waals surface area (Å²) in [4.78, 5) is 10.3. The van der Waals surface area contributed by atoms with Crippen LogP contribution in [0.4, 0.5) is 0 Å². The zero-order chi connectivity index (χ0) is 14.9. The van der Waals surface area contributed by atoms with Crippen LogP contribution < -0.4 is 0 Å². The molecule has 2 heteroatoms. The minimum atomic E-state index is -0.758. The molecular formula is C18H32O2. The maximum atomic E-state index is 10.3. The number of carbonyl (C=O) groups is 1. The number of carboxylic acid groups (broad SMARTS) is 1. The standard InChI is InChI=1S/C18H32O2/c1-2-3-4-5-6-7-8-9-10-11-12-13-14-15-16-17-18(19)20/h11-12,15-16H,2-10,13-14,17H2,1H3,(H,19,20)/b12-11+,16-15+. The molecule has 0 spiro atoms. The van der Waals surface area contributed by atoms with Gasteiger partial charge in [-0.25, -0.2) is 0 Å². The Hall–Kier alpha value is -1.05. The first-order valence-corrected chi connectivity index (χ1v) is 8.29. The van der Waals surface area contributed by atoms with Crippen molar-refractivity contribution in [2.45, 2.75) is 84.0 Å². The first-order chi connectivity index (χ1) is 9.77. The van der Waals surface area contributed by atoms with Gasteiger partial charge in [-0.2, -0.15) is 0 Å². The van der Waals surface area contributed by atoms with Crippen molar-refractivity contribution in [2.75, 3.05) is 0 Å². The number of allylic oxidation sites excluding steroid dienone is 3. The summed E-state index contributed by atoms with van der Waals surface area (Å²) >= 11 is 0. The van der Waals surface area contributed by atoms with E-state index in [2.05, 4.69) is 19.1 Å². The number of hydrogen-bond donors (Lipinski definition) is 1. The minimum absolute atomic E-state index is 0.141. The summed E-state index contributed by atoms with van der Waals surface area (Å²) in [5.74, 6) is -0.758. The van der Waals surface area contributed by atoms with E-state index in [1.807, 2.05) is 6.08 Å². The van der Waals surface area contributed by atoms with Crippen LogP contribution in [0.2, 0.25) is 0 Å². The van der Waals surface area contributed by atoms with Gasteiger partial charge in [0.15, 0.2) is 0 Å². The first kappa shape index (κ1) is 18.9. The van der Waals surface area contributed by atoms with Crippen LogP contribution in [-0.4, -0.2) is 11.1 Å². The van der Waals surface area contributed by atoms with E-state index in [9.17, 15) is 4.79 Å². The highest BCUT2D eigenvalue weighted by Crippen LogP contribution is 2.09. The Morgan fingerprint density at radius 2 is 1.25 bits per heavy atom. The lowest BCUT2D eigenvalue weighted by Crippen LogP contribution is -1.89. The lowest BCUT2D eigenvalue weighted by atomic mass is 10.1. The van der Waals surface area contributed by atoms with Crippen molar-refractivity contribution in [3.63, 3.8) is 0 Å². The molecule has 0 aromatic rings. The summed E-state index contributed by atoms with van der Waals surface area (Å²) in [7, 11) is 0. The monoisotopic (exact) mass is 280 g/mol. The summed E-state index contributed by atoms with van der Waals surface area (Å²) in [5.41, 5.74) is 0. The Morgan fingerprint density at radius 3 is 1.85 bits per heavy atom. The average Bonchev–Trinajstić information content (AvgIpc) is 2.43. The molecule has 20 heavy (non-hydrogen) atoms. The fourth-order valence-corrected chi connectivity index (χ4v) is 2.13. The molecular weight excluding hydrogens is 248 g/mol. The predicted octanol–water partition coefficient (Wildman–Crippen LogP) is 5.88. The van der Waals surface area contributed by atoms with Crippen LogP contribution in [0.25, 0.3) is 0 Å². The number of rotatable bonds is 14. The molecule has 0 saturated carbocycles. The van der Waals surface area contributed by atoms with Gasteiger partial charge in [-0.05, 0) is 25.7 Å². The molecule has 0 bridgehead atoms. The van der Waals surface area contributed by atoms with E-state index in [-0.39, 0.29) is 6.42 Å². The molecule has 116 valence electrons. The van der Waals surface area contributed by atoms with E-state index >= 15 is 0 Å². The molecule has 0 unspecified atom stereocenters. The maximum Gasteiger partial charge on any atom is 0.307 e. The van der Waals surface area contributed by atoms with Crippen molar-refractivity contribution in [2.24, 2.45) is 0 Å². The van der Waals surface area contributed by atoms with Crippen molar-refractivity contribution in [1.29, 1.82) is 0 Å². The molecule has 0 heterocycles. The van der Waals surface area contributed by atoms with E-state index in [4.69, 9.17) is 5.11 Å². The normalized spacial score (nSPS) is 11.7. The minimum Gasteiger partial charge on any atom is -0.481 e. The molecule has 0 atom stereocenters. The van der Waals surface area contributed by atoms with Crippen LogP contribution >= 0.6 is 0 Å². The lowest BCUT2D eigenvalue weighted by Gasteiger charge is -1.99. The second kappa shape index (κ2) is 16.0. The molecule has 1 N–H and O–H groups in total. The van der Waals surface area contributed by atoms with E-state index in [0.29, 0.717) is 0 Å². The molecule has 0 aliphatic carbocycles. The number of carboxylic acids is 1. The predicted molar refractivity (Wildman–Crippen MR) is 87.0 cm³/mol. The molecule has 0 fully saturated rings. The van der Waals surface area contributed by atoms with Gasteiger partial charge in [0.2, 0.25) is 0 Å². The SMILES string of the molecule is CCCCCCCCCC/C=C/CC/C=C/CC(=O)O. The third-order valence-electron chi connectivity index (χ3n) is 3.35. The molecule has 0 radical (unpaired) electrons. The van der Waals surface area contributed by atoms with Crippen LogP contribution in [0.1, 0.15) is 84.0 Å². The van der Waals surface area contributed by atoms with Gasteiger partial charge in [-0.3, -0.25) is 4.79 Å². The fraction of sp³-hybridized carbons (Fsp3) is 0.722. The molecule has 0 aliphatic heterocycles. The largest absolute Gasteiger partial charge is 0.481 e. The number of unbranched alkanes of at least 4 members (excludes halogenated alkanes) is 9. The van der Waals surface area contributed by atoms with Crippen LogP contribution in [0.5, 0.6) is 0 Å². The highest BCUT2D eigenvalue weighted by Gasteiger charge is 1.90. The van der Waals surface area contributed by atoms with Crippen LogP contribution in [0.3, 0.4) is 0 Å². The molecule has 0 saturated heterocycles. The Labute approximate surface area is 125 Å². The molecule has 0 aromatic heterocycles. The first-order valence-electron chi connectivity index (χ1n) is 8.29. The molecule has 0 amide bonds. The highest BCUT2D eigenvalue weighted by molar-refractivity contribution is 5.68. The fourth-order valence-electron chi connectivity index (χ4n) is 2.13. The van der Waals surface area contributed by atoms with Gasteiger partial charge < -0.3 is 5.11 Å². The topological polar surface area (TPSA) is 37.3 Å². The van der Waals surface area contributed by atoms with Gasteiger partial charge in [0.25, 0.3) is 0 Å². The highest BCUT2D eigenvalue weighted by atomic mass is 16.4. The number of aliphatic carboxylic acids is 1. The van der Waals surface area contributed by atoms with E-state index < -0.39 is 5.97 Å². The Balaban J connectivity index is 3.16. The van der Waals surface area contributed by atoms with Gasteiger partial charge in [0.1, 0.15) is 0 Å². The summed E-state index contributed by atoms with van der Waals surface area (Å²) < 4.78 is 0.